The Bertz CT molecular complexity index is 412. The van der Waals surface area contributed by atoms with Crippen LogP contribution in [-0.2, 0) is 11.3 Å². The van der Waals surface area contributed by atoms with Crippen LogP contribution in [0.1, 0.15) is 38.8 Å². The third-order valence-corrected chi connectivity index (χ3v) is 3.53. The monoisotopic (exact) mass is 247 g/mol. The first-order valence-corrected chi connectivity index (χ1v) is 6.54. The third-order valence-electron chi connectivity index (χ3n) is 3.53. The topological polar surface area (TPSA) is 59.2 Å². The standard InChI is InChI=1S/C14H21N3O/c1-3-14(2,15)13(18)17(12-7-8-12)10-11-6-4-5-9-16-11/h4-6,9,12H,3,7-8,10,15H2,1-2H3. The third kappa shape index (κ3) is 2.88. The highest BCUT2D eigenvalue weighted by molar-refractivity contribution is 5.86. The summed E-state index contributed by atoms with van der Waals surface area (Å²) in [6.45, 7) is 4.32. The van der Waals surface area contributed by atoms with Crippen LogP contribution in [0.25, 0.3) is 0 Å². The molecule has 1 aliphatic rings. The molecule has 0 radical (unpaired) electrons. The molecule has 1 aliphatic carbocycles. The lowest BCUT2D eigenvalue weighted by molar-refractivity contribution is -0.137. The van der Waals surface area contributed by atoms with Gasteiger partial charge in [0, 0.05) is 12.2 Å². The highest BCUT2D eigenvalue weighted by Crippen LogP contribution is 2.30. The minimum Gasteiger partial charge on any atom is -0.332 e. The van der Waals surface area contributed by atoms with Crippen molar-refractivity contribution in [2.75, 3.05) is 0 Å². The van der Waals surface area contributed by atoms with E-state index in [1.807, 2.05) is 36.9 Å². The maximum atomic E-state index is 12.5. The van der Waals surface area contributed by atoms with E-state index in [4.69, 9.17) is 5.73 Å². The average molecular weight is 247 g/mol. The summed E-state index contributed by atoms with van der Waals surface area (Å²) in [6.07, 6.45) is 4.57. The van der Waals surface area contributed by atoms with Gasteiger partial charge in [-0.25, -0.2) is 0 Å². The van der Waals surface area contributed by atoms with Crippen LogP contribution in [0.4, 0.5) is 0 Å². The molecule has 2 rings (SSSR count). The molecule has 98 valence electrons. The van der Waals surface area contributed by atoms with E-state index in [0.29, 0.717) is 19.0 Å². The van der Waals surface area contributed by atoms with Crippen molar-refractivity contribution in [1.82, 2.24) is 9.88 Å². The number of hydrogen-bond donors (Lipinski definition) is 1. The fourth-order valence-electron chi connectivity index (χ4n) is 1.90. The Morgan fingerprint density at radius 2 is 2.28 bits per heavy atom. The summed E-state index contributed by atoms with van der Waals surface area (Å²) >= 11 is 0. The van der Waals surface area contributed by atoms with E-state index in [-0.39, 0.29) is 5.91 Å². The Morgan fingerprint density at radius 1 is 1.56 bits per heavy atom. The van der Waals surface area contributed by atoms with Crippen molar-refractivity contribution in [3.05, 3.63) is 30.1 Å². The molecule has 2 N–H and O–H groups in total. The Hall–Kier alpha value is -1.42. The highest BCUT2D eigenvalue weighted by Gasteiger charge is 2.39. The van der Waals surface area contributed by atoms with Crippen LogP contribution < -0.4 is 5.73 Å². The van der Waals surface area contributed by atoms with E-state index >= 15 is 0 Å². The van der Waals surface area contributed by atoms with Gasteiger partial charge in [0.25, 0.3) is 0 Å². The Labute approximate surface area is 108 Å². The predicted molar refractivity (Wildman–Crippen MR) is 70.7 cm³/mol. The van der Waals surface area contributed by atoms with E-state index in [1.165, 1.54) is 0 Å². The van der Waals surface area contributed by atoms with Crippen molar-refractivity contribution in [2.45, 2.75) is 51.2 Å². The molecular weight excluding hydrogens is 226 g/mol. The molecule has 1 fully saturated rings. The normalized spacial score (nSPS) is 18.2. The van der Waals surface area contributed by atoms with Gasteiger partial charge in [0.2, 0.25) is 5.91 Å². The molecular formula is C14H21N3O. The summed E-state index contributed by atoms with van der Waals surface area (Å²) in [5.74, 6) is 0.0400. The Kier molecular flexibility index (Phi) is 3.66. The highest BCUT2D eigenvalue weighted by atomic mass is 16.2. The number of hydrogen-bond acceptors (Lipinski definition) is 3. The summed E-state index contributed by atoms with van der Waals surface area (Å²) in [5.41, 5.74) is 6.22. The first-order valence-electron chi connectivity index (χ1n) is 6.54. The molecule has 1 aromatic rings. The molecule has 1 aromatic heterocycles. The fourth-order valence-corrected chi connectivity index (χ4v) is 1.90. The molecule has 1 unspecified atom stereocenters. The summed E-state index contributed by atoms with van der Waals surface area (Å²) < 4.78 is 0. The van der Waals surface area contributed by atoms with Gasteiger partial charge >= 0.3 is 0 Å². The van der Waals surface area contributed by atoms with Gasteiger partial charge < -0.3 is 10.6 Å². The van der Waals surface area contributed by atoms with E-state index < -0.39 is 5.54 Å². The molecule has 0 bridgehead atoms. The molecule has 1 amide bonds. The van der Waals surface area contributed by atoms with Gasteiger partial charge in [-0.2, -0.15) is 0 Å². The molecule has 0 aliphatic heterocycles. The van der Waals surface area contributed by atoms with Gasteiger partial charge in [-0.15, -0.1) is 0 Å². The molecule has 1 heterocycles. The van der Waals surface area contributed by atoms with Crippen molar-refractivity contribution >= 4 is 5.91 Å². The van der Waals surface area contributed by atoms with E-state index in [2.05, 4.69) is 4.98 Å². The molecule has 1 saturated carbocycles. The van der Waals surface area contributed by atoms with Crippen LogP contribution in [-0.4, -0.2) is 27.4 Å². The number of nitrogens with zero attached hydrogens (tertiary/aromatic N) is 2. The first kappa shape index (κ1) is 13.0. The Balaban J connectivity index is 2.12. The van der Waals surface area contributed by atoms with Crippen LogP contribution in [0.2, 0.25) is 0 Å². The fraction of sp³-hybridized carbons (Fsp3) is 0.571. The lowest BCUT2D eigenvalue weighted by Gasteiger charge is -2.31. The minimum absolute atomic E-state index is 0.0400. The second kappa shape index (κ2) is 5.06. The van der Waals surface area contributed by atoms with Crippen molar-refractivity contribution in [1.29, 1.82) is 0 Å². The molecule has 0 saturated heterocycles. The molecule has 4 heteroatoms. The maximum Gasteiger partial charge on any atom is 0.242 e. The van der Waals surface area contributed by atoms with Gasteiger partial charge in [-0.05, 0) is 38.3 Å². The van der Waals surface area contributed by atoms with Crippen LogP contribution in [0, 0.1) is 0 Å². The van der Waals surface area contributed by atoms with Gasteiger partial charge in [0.15, 0.2) is 0 Å². The summed E-state index contributed by atoms with van der Waals surface area (Å²) in [5, 5.41) is 0. The zero-order valence-electron chi connectivity index (χ0n) is 11.1. The van der Waals surface area contributed by atoms with Gasteiger partial charge in [-0.1, -0.05) is 13.0 Å². The number of rotatable bonds is 5. The second-order valence-corrected chi connectivity index (χ2v) is 5.26. The molecule has 18 heavy (non-hydrogen) atoms. The minimum atomic E-state index is -0.766. The first-order chi connectivity index (χ1) is 8.54. The van der Waals surface area contributed by atoms with Gasteiger partial charge in [0.1, 0.15) is 0 Å². The number of amides is 1. The quantitative estimate of drug-likeness (QED) is 0.861. The lowest BCUT2D eigenvalue weighted by Crippen LogP contribution is -2.53. The smallest absolute Gasteiger partial charge is 0.242 e. The zero-order chi connectivity index (χ0) is 13.2. The average Bonchev–Trinajstić information content (AvgIpc) is 3.20. The molecule has 4 nitrogen and oxygen atoms in total. The van der Waals surface area contributed by atoms with Crippen LogP contribution in [0.15, 0.2) is 24.4 Å². The number of pyridine rings is 1. The molecule has 0 aromatic carbocycles. The second-order valence-electron chi connectivity index (χ2n) is 5.26. The molecule has 1 atom stereocenters. The van der Waals surface area contributed by atoms with Gasteiger partial charge in [-0.3, -0.25) is 9.78 Å². The van der Waals surface area contributed by atoms with Crippen molar-refractivity contribution in [3.8, 4) is 0 Å². The van der Waals surface area contributed by atoms with Crippen molar-refractivity contribution < 1.29 is 4.79 Å². The molecule has 0 spiro atoms. The summed E-state index contributed by atoms with van der Waals surface area (Å²) in [7, 11) is 0. The van der Waals surface area contributed by atoms with Crippen molar-refractivity contribution in [3.63, 3.8) is 0 Å². The van der Waals surface area contributed by atoms with Crippen LogP contribution >= 0.6 is 0 Å². The number of carbonyl (C=O) groups excluding carboxylic acids is 1. The number of aromatic nitrogens is 1. The number of carbonyl (C=O) groups is 1. The zero-order valence-corrected chi connectivity index (χ0v) is 11.1. The van der Waals surface area contributed by atoms with E-state index in [9.17, 15) is 4.79 Å². The Morgan fingerprint density at radius 3 is 2.78 bits per heavy atom. The number of nitrogens with two attached hydrogens (primary N) is 1. The van der Waals surface area contributed by atoms with Crippen molar-refractivity contribution in [2.24, 2.45) is 5.73 Å². The summed E-state index contributed by atoms with van der Waals surface area (Å²) in [6, 6.07) is 6.13. The predicted octanol–water partition coefficient (Wildman–Crippen LogP) is 1.70. The lowest BCUT2D eigenvalue weighted by atomic mass is 9.98. The van der Waals surface area contributed by atoms with Crippen LogP contribution in [0.5, 0.6) is 0 Å². The van der Waals surface area contributed by atoms with E-state index in [1.54, 1.807) is 6.20 Å². The maximum absolute atomic E-state index is 12.5. The summed E-state index contributed by atoms with van der Waals surface area (Å²) in [4.78, 5) is 18.6. The van der Waals surface area contributed by atoms with E-state index in [0.717, 1.165) is 18.5 Å². The van der Waals surface area contributed by atoms with Crippen LogP contribution in [0.3, 0.4) is 0 Å². The van der Waals surface area contributed by atoms with Gasteiger partial charge in [0.05, 0.1) is 17.8 Å². The largest absolute Gasteiger partial charge is 0.332 e. The SMILES string of the molecule is CCC(C)(N)C(=O)N(Cc1ccccn1)C1CC1.